The summed E-state index contributed by atoms with van der Waals surface area (Å²) in [6.07, 6.45) is 7.84. The molecule has 1 aliphatic rings. The molecule has 0 radical (unpaired) electrons. The molecule has 0 amide bonds. The number of hydrogen-bond donors (Lipinski definition) is 2. The summed E-state index contributed by atoms with van der Waals surface area (Å²) in [7, 11) is 1.73. The molecule has 1 aromatic carbocycles. The second kappa shape index (κ2) is 6.59. The van der Waals surface area contributed by atoms with E-state index in [1.54, 1.807) is 7.11 Å². The van der Waals surface area contributed by atoms with Gasteiger partial charge in [0.1, 0.15) is 5.75 Å². The summed E-state index contributed by atoms with van der Waals surface area (Å²) in [4.78, 5) is 0. The van der Waals surface area contributed by atoms with E-state index in [4.69, 9.17) is 16.2 Å². The van der Waals surface area contributed by atoms with Gasteiger partial charge in [0, 0.05) is 5.92 Å². The van der Waals surface area contributed by atoms with Gasteiger partial charge in [0.05, 0.1) is 12.8 Å². The number of rotatable bonds is 6. The number of ether oxygens (including phenoxy) is 1. The SMILES string of the molecule is CCCCCCC1c2cccc(OC)c2CCC1(N)N. The van der Waals surface area contributed by atoms with Crippen LogP contribution >= 0.6 is 0 Å². The maximum absolute atomic E-state index is 6.38. The van der Waals surface area contributed by atoms with Crippen molar-refractivity contribution in [2.45, 2.75) is 63.5 Å². The van der Waals surface area contributed by atoms with Crippen LogP contribution in [0.4, 0.5) is 0 Å². The molecule has 1 aromatic rings. The Balaban J connectivity index is 2.20. The van der Waals surface area contributed by atoms with Gasteiger partial charge in [-0.25, -0.2) is 0 Å². The van der Waals surface area contributed by atoms with Crippen LogP contribution in [0.2, 0.25) is 0 Å². The number of hydrogen-bond acceptors (Lipinski definition) is 3. The van der Waals surface area contributed by atoms with Gasteiger partial charge in [-0.2, -0.15) is 0 Å². The Morgan fingerprint density at radius 2 is 2.05 bits per heavy atom. The number of nitrogens with two attached hydrogens (primary N) is 2. The Morgan fingerprint density at radius 3 is 2.75 bits per heavy atom. The molecule has 0 fully saturated rings. The molecule has 0 heterocycles. The predicted molar refractivity (Wildman–Crippen MR) is 83.9 cm³/mol. The topological polar surface area (TPSA) is 61.3 Å². The zero-order chi connectivity index (χ0) is 14.6. The van der Waals surface area contributed by atoms with Crippen molar-refractivity contribution in [3.05, 3.63) is 29.3 Å². The zero-order valence-corrected chi connectivity index (χ0v) is 12.8. The summed E-state index contributed by atoms with van der Waals surface area (Å²) in [6.45, 7) is 2.23. The van der Waals surface area contributed by atoms with Gasteiger partial charge >= 0.3 is 0 Å². The number of fused-ring (bicyclic) bond motifs is 1. The predicted octanol–water partition coefficient (Wildman–Crippen LogP) is 3.31. The molecule has 0 saturated carbocycles. The third-order valence-electron chi connectivity index (χ3n) is 4.57. The lowest BCUT2D eigenvalue weighted by Gasteiger charge is -2.40. The molecule has 3 nitrogen and oxygen atoms in total. The molecular weight excluding hydrogens is 248 g/mol. The van der Waals surface area contributed by atoms with Gasteiger partial charge < -0.3 is 16.2 Å². The zero-order valence-electron chi connectivity index (χ0n) is 12.8. The van der Waals surface area contributed by atoms with E-state index in [-0.39, 0.29) is 5.92 Å². The average Bonchev–Trinajstić information content (AvgIpc) is 2.44. The van der Waals surface area contributed by atoms with Crippen molar-refractivity contribution in [3.8, 4) is 5.75 Å². The first-order chi connectivity index (χ1) is 9.60. The van der Waals surface area contributed by atoms with Crippen molar-refractivity contribution in [3.63, 3.8) is 0 Å². The highest BCUT2D eigenvalue weighted by Gasteiger charge is 2.37. The fourth-order valence-corrected chi connectivity index (χ4v) is 3.37. The summed E-state index contributed by atoms with van der Waals surface area (Å²) < 4.78 is 5.49. The van der Waals surface area contributed by atoms with Crippen LogP contribution < -0.4 is 16.2 Å². The summed E-state index contributed by atoms with van der Waals surface area (Å²) in [5.74, 6) is 1.23. The summed E-state index contributed by atoms with van der Waals surface area (Å²) in [5.41, 5.74) is 14.8. The third-order valence-corrected chi connectivity index (χ3v) is 4.57. The first-order valence-electron chi connectivity index (χ1n) is 7.83. The van der Waals surface area contributed by atoms with Crippen LogP contribution in [0, 0.1) is 0 Å². The second-order valence-electron chi connectivity index (χ2n) is 6.04. The van der Waals surface area contributed by atoms with E-state index < -0.39 is 5.66 Å². The summed E-state index contributed by atoms with van der Waals surface area (Å²) >= 11 is 0. The van der Waals surface area contributed by atoms with Gasteiger partial charge in [0.25, 0.3) is 0 Å². The van der Waals surface area contributed by atoms with Crippen molar-refractivity contribution in [2.24, 2.45) is 11.5 Å². The molecule has 1 aliphatic carbocycles. The van der Waals surface area contributed by atoms with E-state index in [9.17, 15) is 0 Å². The van der Waals surface area contributed by atoms with Gasteiger partial charge in [-0.05, 0) is 36.5 Å². The molecule has 3 heteroatoms. The van der Waals surface area contributed by atoms with E-state index in [1.165, 1.54) is 36.8 Å². The molecule has 0 saturated heterocycles. The standard InChI is InChI=1S/C17H28N2O/c1-3-4-5-6-9-15-13-8-7-10-16(20-2)14(13)11-12-17(15,18)19/h7-8,10,15H,3-6,9,11-12,18-19H2,1-2H3. The van der Waals surface area contributed by atoms with Gasteiger partial charge in [-0.1, -0.05) is 44.7 Å². The first kappa shape index (κ1) is 15.3. The van der Waals surface area contributed by atoms with E-state index in [1.807, 2.05) is 6.07 Å². The van der Waals surface area contributed by atoms with Crippen LogP contribution in [-0.4, -0.2) is 12.8 Å². The summed E-state index contributed by atoms with van der Waals surface area (Å²) in [6, 6.07) is 6.26. The molecule has 4 N–H and O–H groups in total. The molecule has 112 valence electrons. The lowest BCUT2D eigenvalue weighted by atomic mass is 9.73. The van der Waals surface area contributed by atoms with Crippen LogP contribution in [0.25, 0.3) is 0 Å². The van der Waals surface area contributed by atoms with Crippen molar-refractivity contribution >= 4 is 0 Å². The normalized spacial score (nSPS) is 20.5. The van der Waals surface area contributed by atoms with E-state index in [0.29, 0.717) is 0 Å². The summed E-state index contributed by atoms with van der Waals surface area (Å²) in [5, 5.41) is 0. The number of benzene rings is 1. The van der Waals surface area contributed by atoms with Gasteiger partial charge in [-0.3, -0.25) is 0 Å². The van der Waals surface area contributed by atoms with Crippen molar-refractivity contribution in [1.82, 2.24) is 0 Å². The number of unbranched alkanes of at least 4 members (excludes halogenated alkanes) is 3. The highest BCUT2D eigenvalue weighted by molar-refractivity contribution is 5.45. The van der Waals surface area contributed by atoms with Crippen LogP contribution in [0.15, 0.2) is 18.2 Å². The minimum Gasteiger partial charge on any atom is -0.496 e. The molecule has 0 spiro atoms. The molecule has 0 bridgehead atoms. The number of methoxy groups -OCH3 is 1. The molecule has 1 unspecified atom stereocenters. The highest BCUT2D eigenvalue weighted by Crippen LogP contribution is 2.41. The Hall–Kier alpha value is -1.06. The van der Waals surface area contributed by atoms with Gasteiger partial charge in [0.2, 0.25) is 0 Å². The quantitative estimate of drug-likeness (QED) is 0.619. The van der Waals surface area contributed by atoms with Crippen molar-refractivity contribution in [1.29, 1.82) is 0 Å². The average molecular weight is 276 g/mol. The van der Waals surface area contributed by atoms with Gasteiger partial charge in [0.15, 0.2) is 0 Å². The monoisotopic (exact) mass is 276 g/mol. The van der Waals surface area contributed by atoms with Crippen LogP contribution in [0.3, 0.4) is 0 Å². The molecule has 0 aromatic heterocycles. The Morgan fingerprint density at radius 1 is 1.25 bits per heavy atom. The van der Waals surface area contributed by atoms with Crippen LogP contribution in [-0.2, 0) is 6.42 Å². The Bertz CT molecular complexity index is 443. The smallest absolute Gasteiger partial charge is 0.122 e. The van der Waals surface area contributed by atoms with Crippen LogP contribution in [0.1, 0.15) is 62.5 Å². The molecule has 20 heavy (non-hydrogen) atoms. The van der Waals surface area contributed by atoms with Crippen LogP contribution in [0.5, 0.6) is 5.75 Å². The molecule has 1 atom stereocenters. The van der Waals surface area contributed by atoms with Crippen molar-refractivity contribution < 1.29 is 4.74 Å². The highest BCUT2D eigenvalue weighted by atomic mass is 16.5. The van der Waals surface area contributed by atoms with Crippen molar-refractivity contribution in [2.75, 3.05) is 7.11 Å². The lowest BCUT2D eigenvalue weighted by Crippen LogP contribution is -2.56. The Labute approximate surface area is 122 Å². The Kier molecular flexibility index (Phi) is 5.06. The molecule has 0 aliphatic heterocycles. The second-order valence-corrected chi connectivity index (χ2v) is 6.04. The van der Waals surface area contributed by atoms with E-state index in [2.05, 4.69) is 19.1 Å². The third kappa shape index (κ3) is 3.15. The van der Waals surface area contributed by atoms with Gasteiger partial charge in [-0.15, -0.1) is 0 Å². The van der Waals surface area contributed by atoms with E-state index in [0.717, 1.165) is 25.0 Å². The van der Waals surface area contributed by atoms with E-state index >= 15 is 0 Å². The minimum atomic E-state index is -0.578. The lowest BCUT2D eigenvalue weighted by molar-refractivity contribution is 0.287. The minimum absolute atomic E-state index is 0.248. The maximum atomic E-state index is 6.38. The fraction of sp³-hybridized carbons (Fsp3) is 0.647. The molecule has 2 rings (SSSR count). The maximum Gasteiger partial charge on any atom is 0.122 e. The molecular formula is C17H28N2O. The fourth-order valence-electron chi connectivity index (χ4n) is 3.37. The first-order valence-corrected chi connectivity index (χ1v) is 7.83. The largest absolute Gasteiger partial charge is 0.496 e.